The average Bonchev–Trinajstić information content (AvgIpc) is 3.66. The number of ether oxygens (including phenoxy) is 1. The molecule has 6 aromatic carbocycles. The third kappa shape index (κ3) is 11.6. The van der Waals surface area contributed by atoms with Crippen LogP contribution in [0.5, 0.6) is 5.75 Å². The molecule has 1 aliphatic carbocycles. The third-order valence-corrected chi connectivity index (χ3v) is 12.6. The van der Waals surface area contributed by atoms with Crippen LogP contribution in [0.3, 0.4) is 0 Å². The van der Waals surface area contributed by atoms with Crippen LogP contribution >= 0.6 is 11.8 Å². The molecule has 2 heteroatoms. The van der Waals surface area contributed by atoms with Crippen molar-refractivity contribution in [2.45, 2.75) is 131 Å². The van der Waals surface area contributed by atoms with Crippen molar-refractivity contribution in [2.75, 3.05) is 0 Å². The third-order valence-electron chi connectivity index (χ3n) is 11.5. The molecule has 0 fully saturated rings. The van der Waals surface area contributed by atoms with Gasteiger partial charge in [-0.1, -0.05) is 217 Å². The molecule has 0 saturated carbocycles. The molecule has 2 heterocycles. The van der Waals surface area contributed by atoms with Gasteiger partial charge in [0, 0.05) is 34.0 Å². The zero-order chi connectivity index (χ0) is 43.6. The van der Waals surface area contributed by atoms with Crippen LogP contribution in [-0.4, -0.2) is 0 Å². The summed E-state index contributed by atoms with van der Waals surface area (Å²) in [5, 5.41) is 0. The number of thioether (sulfide) groups is 1. The number of hydrogen-bond acceptors (Lipinski definition) is 2. The Bertz CT molecular complexity index is 1770. The van der Waals surface area contributed by atoms with E-state index in [1.165, 1.54) is 73.4 Å². The molecular weight excluding hydrogens is 745 g/mol. The number of fused-ring (bicyclic) bond motifs is 6. The highest BCUT2D eigenvalue weighted by molar-refractivity contribution is 7.98. The van der Waals surface area contributed by atoms with Crippen LogP contribution < -0.4 is 4.74 Å². The van der Waals surface area contributed by atoms with Gasteiger partial charge in [0.05, 0.1) is 0 Å². The number of benzene rings is 6. The van der Waals surface area contributed by atoms with Crippen LogP contribution in [-0.2, 0) is 25.2 Å². The van der Waals surface area contributed by atoms with Gasteiger partial charge in [-0.3, -0.25) is 0 Å². The number of aryl methyl sites for hydroxylation is 2. The highest BCUT2D eigenvalue weighted by Gasteiger charge is 2.28. The van der Waals surface area contributed by atoms with E-state index in [0.717, 1.165) is 11.5 Å². The lowest BCUT2D eigenvalue weighted by Gasteiger charge is -2.24. The SMILES string of the molecule is CC.CC.CC.CC(C)C1c2ccccc2CCc2ccccc21.CC(C)C1c2ccccc2COc2ccccc21.CC(C)C1c2ccccc2CSc2ccccc21. The van der Waals surface area contributed by atoms with Crippen molar-refractivity contribution in [3.8, 4) is 5.75 Å². The highest BCUT2D eigenvalue weighted by atomic mass is 32.2. The molecule has 2 unspecified atom stereocenters. The Kier molecular flexibility index (Phi) is 19.8. The van der Waals surface area contributed by atoms with Crippen LogP contribution in [0.15, 0.2) is 150 Å². The van der Waals surface area contributed by atoms with Gasteiger partial charge in [-0.15, -0.1) is 11.8 Å². The van der Waals surface area contributed by atoms with Gasteiger partial charge in [-0.05, 0) is 92.8 Å². The Morgan fingerprint density at radius 3 is 1.22 bits per heavy atom. The molecule has 0 saturated heterocycles. The van der Waals surface area contributed by atoms with Crippen molar-refractivity contribution in [1.29, 1.82) is 0 Å². The minimum Gasteiger partial charge on any atom is -0.489 e. The molecule has 2 aliphatic heterocycles. The first-order chi connectivity index (χ1) is 29.3. The van der Waals surface area contributed by atoms with Crippen molar-refractivity contribution in [3.63, 3.8) is 0 Å². The topological polar surface area (TPSA) is 9.23 Å². The average molecular weight is 819 g/mol. The highest BCUT2D eigenvalue weighted by Crippen LogP contribution is 2.44. The Labute approximate surface area is 370 Å². The Hall–Kier alpha value is -4.53. The second-order valence-corrected chi connectivity index (χ2v) is 17.1. The molecule has 0 N–H and O–H groups in total. The summed E-state index contributed by atoms with van der Waals surface area (Å²) in [4.78, 5) is 1.45. The van der Waals surface area contributed by atoms with E-state index in [2.05, 4.69) is 181 Å². The van der Waals surface area contributed by atoms with Crippen molar-refractivity contribution >= 4 is 11.8 Å². The molecule has 1 nitrogen and oxygen atoms in total. The molecule has 9 rings (SSSR count). The number of hydrogen-bond donors (Lipinski definition) is 0. The van der Waals surface area contributed by atoms with Crippen molar-refractivity contribution in [2.24, 2.45) is 17.8 Å². The zero-order valence-electron chi connectivity index (χ0n) is 39.0. The standard InChI is InChI=1S/C18H20.C17H18O.C17H18S.3C2H6/c1-13(2)18-16-9-5-3-7-14(16)11-12-15-8-4-6-10-17(15)18;2*1-12(2)17-14-8-4-3-7-13(14)11-18-16-10-6-5-9-15(16)17;3*1-2/h3-10,13,18H,11-12H2,1-2H3;2*3-10,12,17H,11H2,1-2H3;3*1-2H3. The van der Waals surface area contributed by atoms with E-state index in [4.69, 9.17) is 4.74 Å². The summed E-state index contributed by atoms with van der Waals surface area (Å²) < 4.78 is 5.96. The van der Waals surface area contributed by atoms with Gasteiger partial charge in [0.2, 0.25) is 0 Å². The van der Waals surface area contributed by atoms with Crippen molar-refractivity contribution < 1.29 is 4.74 Å². The molecule has 0 radical (unpaired) electrons. The predicted octanol–water partition coefficient (Wildman–Crippen LogP) is 17.1. The summed E-state index contributed by atoms with van der Waals surface area (Å²) >= 11 is 1.97. The molecule has 3 aliphatic rings. The number of rotatable bonds is 3. The monoisotopic (exact) mass is 819 g/mol. The Balaban J connectivity index is 0.000000187. The molecular formula is C58H74OS. The molecule has 2 atom stereocenters. The van der Waals surface area contributed by atoms with Gasteiger partial charge in [0.15, 0.2) is 0 Å². The Morgan fingerprint density at radius 1 is 0.383 bits per heavy atom. The van der Waals surface area contributed by atoms with E-state index in [1.54, 1.807) is 0 Å². The largest absolute Gasteiger partial charge is 0.489 e. The Morgan fingerprint density at radius 2 is 0.717 bits per heavy atom. The number of para-hydroxylation sites is 1. The first kappa shape index (κ1) is 48.1. The maximum atomic E-state index is 5.96. The summed E-state index contributed by atoms with van der Waals surface area (Å²) in [6, 6.07) is 52.8. The predicted molar refractivity (Wildman–Crippen MR) is 264 cm³/mol. The van der Waals surface area contributed by atoms with Crippen LogP contribution in [0.4, 0.5) is 0 Å². The second kappa shape index (κ2) is 24.7. The maximum Gasteiger partial charge on any atom is 0.123 e. The fourth-order valence-electron chi connectivity index (χ4n) is 9.04. The van der Waals surface area contributed by atoms with Crippen LogP contribution in [0, 0.1) is 17.8 Å². The van der Waals surface area contributed by atoms with E-state index in [9.17, 15) is 0 Å². The quantitative estimate of drug-likeness (QED) is 0.176. The second-order valence-electron chi connectivity index (χ2n) is 16.1. The molecule has 0 amide bonds. The minimum absolute atomic E-state index is 0.430. The lowest BCUT2D eigenvalue weighted by atomic mass is 9.80. The van der Waals surface area contributed by atoms with E-state index in [1.807, 2.05) is 59.4 Å². The van der Waals surface area contributed by atoms with Crippen molar-refractivity contribution in [1.82, 2.24) is 0 Å². The van der Waals surface area contributed by atoms with E-state index in [-0.39, 0.29) is 0 Å². The van der Waals surface area contributed by atoms with Gasteiger partial charge in [-0.2, -0.15) is 0 Å². The van der Waals surface area contributed by atoms with Crippen molar-refractivity contribution in [3.05, 3.63) is 201 Å². The van der Waals surface area contributed by atoms with Gasteiger partial charge < -0.3 is 4.74 Å². The summed E-state index contributed by atoms with van der Waals surface area (Å²) in [5.74, 6) is 5.49. The van der Waals surface area contributed by atoms with Crippen LogP contribution in [0.2, 0.25) is 0 Å². The molecule has 0 bridgehead atoms. The van der Waals surface area contributed by atoms with Crippen LogP contribution in [0.25, 0.3) is 0 Å². The van der Waals surface area contributed by atoms with Gasteiger partial charge >= 0.3 is 0 Å². The first-order valence-electron chi connectivity index (χ1n) is 23.1. The smallest absolute Gasteiger partial charge is 0.123 e. The molecule has 0 spiro atoms. The molecule has 0 aromatic heterocycles. The zero-order valence-corrected chi connectivity index (χ0v) is 39.8. The summed E-state index contributed by atoms with van der Waals surface area (Å²) in [5.41, 5.74) is 14.7. The maximum absolute atomic E-state index is 5.96. The fourth-order valence-corrected chi connectivity index (χ4v) is 10.2. The first-order valence-corrected chi connectivity index (χ1v) is 24.0. The lowest BCUT2D eigenvalue weighted by Crippen LogP contribution is -2.10. The minimum atomic E-state index is 0.430. The summed E-state index contributed by atoms with van der Waals surface area (Å²) in [6.07, 6.45) is 2.35. The van der Waals surface area contributed by atoms with E-state index in [0.29, 0.717) is 42.1 Å². The van der Waals surface area contributed by atoms with Gasteiger partial charge in [0.1, 0.15) is 12.4 Å². The molecule has 6 aromatic rings. The van der Waals surface area contributed by atoms with E-state index >= 15 is 0 Å². The fraction of sp³-hybridized carbons (Fsp3) is 0.379. The summed E-state index contributed by atoms with van der Waals surface area (Å²) in [7, 11) is 0. The normalized spacial score (nSPS) is 15.5. The molecule has 60 heavy (non-hydrogen) atoms. The lowest BCUT2D eigenvalue weighted by molar-refractivity contribution is 0.306. The summed E-state index contributed by atoms with van der Waals surface area (Å²) in [6.45, 7) is 26.6. The van der Waals surface area contributed by atoms with Crippen LogP contribution in [0.1, 0.15) is 156 Å². The molecule has 318 valence electrons. The van der Waals surface area contributed by atoms with Gasteiger partial charge in [0.25, 0.3) is 0 Å². The van der Waals surface area contributed by atoms with E-state index < -0.39 is 0 Å². The van der Waals surface area contributed by atoms with Gasteiger partial charge in [-0.25, -0.2) is 0 Å².